The van der Waals surface area contributed by atoms with Gasteiger partial charge in [0, 0.05) is 5.56 Å². The first-order valence-electron chi connectivity index (χ1n) is 8.66. The van der Waals surface area contributed by atoms with Gasteiger partial charge in [-0.3, -0.25) is 9.69 Å². The molecule has 1 heterocycles. The Balaban J connectivity index is 1.79. The summed E-state index contributed by atoms with van der Waals surface area (Å²) in [7, 11) is 1.59. The first kappa shape index (κ1) is 19.2. The maximum absolute atomic E-state index is 13.1. The number of benzene rings is 3. The Morgan fingerprint density at radius 2 is 1.93 bits per heavy atom. The van der Waals surface area contributed by atoms with E-state index in [1.807, 2.05) is 36.4 Å². The molecule has 0 radical (unpaired) electrons. The third-order valence-electron chi connectivity index (χ3n) is 4.57. The highest BCUT2D eigenvalue weighted by atomic mass is 32.2. The number of carboxylic acid groups (broad SMARTS) is 1. The first-order chi connectivity index (χ1) is 14.0. The fourth-order valence-corrected chi connectivity index (χ4v) is 4.48. The largest absolute Gasteiger partial charge is 0.496 e. The van der Waals surface area contributed by atoms with Crippen molar-refractivity contribution < 1.29 is 19.4 Å². The van der Waals surface area contributed by atoms with Gasteiger partial charge >= 0.3 is 5.97 Å². The van der Waals surface area contributed by atoms with Crippen molar-refractivity contribution in [3.05, 3.63) is 76.7 Å². The van der Waals surface area contributed by atoms with Crippen molar-refractivity contribution in [3.63, 3.8) is 0 Å². The number of thioether (sulfide) groups is 1. The zero-order chi connectivity index (χ0) is 20.5. The van der Waals surface area contributed by atoms with Crippen molar-refractivity contribution in [1.29, 1.82) is 0 Å². The van der Waals surface area contributed by atoms with Crippen LogP contribution in [-0.2, 0) is 4.79 Å². The quantitative estimate of drug-likeness (QED) is 0.475. The lowest BCUT2D eigenvalue weighted by atomic mass is 10.0. The lowest BCUT2D eigenvalue weighted by Gasteiger charge is -2.15. The van der Waals surface area contributed by atoms with Gasteiger partial charge < -0.3 is 9.84 Å². The van der Waals surface area contributed by atoms with Crippen LogP contribution >= 0.6 is 24.0 Å². The van der Waals surface area contributed by atoms with Crippen LogP contribution < -0.4 is 9.64 Å². The Morgan fingerprint density at radius 1 is 1.14 bits per heavy atom. The van der Waals surface area contributed by atoms with Crippen LogP contribution in [0, 0.1) is 0 Å². The summed E-state index contributed by atoms with van der Waals surface area (Å²) >= 11 is 6.59. The monoisotopic (exact) mass is 421 g/mol. The van der Waals surface area contributed by atoms with E-state index in [-0.39, 0.29) is 11.5 Å². The number of hydrogen-bond donors (Lipinski definition) is 1. The Kier molecular flexibility index (Phi) is 5.08. The minimum Gasteiger partial charge on any atom is -0.496 e. The minimum absolute atomic E-state index is 0.0938. The molecule has 1 N–H and O–H groups in total. The van der Waals surface area contributed by atoms with Gasteiger partial charge in [-0.05, 0) is 41.1 Å². The molecule has 3 aromatic rings. The van der Waals surface area contributed by atoms with E-state index in [1.54, 1.807) is 25.3 Å². The van der Waals surface area contributed by atoms with Crippen LogP contribution in [0.15, 0.2) is 65.6 Å². The van der Waals surface area contributed by atoms with E-state index in [0.29, 0.717) is 20.7 Å². The summed E-state index contributed by atoms with van der Waals surface area (Å²) in [6.07, 6.45) is 1.78. The standard InChI is InChI=1S/C22H15NO4S2/c1-27-18-10-9-13-5-2-3-8-16(13)17(18)12-19-20(24)23(22(28)29-19)15-7-4-6-14(11-15)21(25)26/h2-12H,1H3,(H,25,26). The molecule has 0 atom stereocenters. The lowest BCUT2D eigenvalue weighted by Crippen LogP contribution is -2.27. The number of nitrogens with zero attached hydrogens (tertiary/aromatic N) is 1. The molecule has 0 unspecified atom stereocenters. The van der Waals surface area contributed by atoms with Gasteiger partial charge in [-0.25, -0.2) is 4.79 Å². The number of hydrogen-bond acceptors (Lipinski definition) is 5. The van der Waals surface area contributed by atoms with E-state index >= 15 is 0 Å². The van der Waals surface area contributed by atoms with Crippen LogP contribution in [0.1, 0.15) is 15.9 Å². The number of methoxy groups -OCH3 is 1. The predicted molar refractivity (Wildman–Crippen MR) is 120 cm³/mol. The third-order valence-corrected chi connectivity index (χ3v) is 5.87. The molecule has 0 saturated carbocycles. The fraction of sp³-hybridized carbons (Fsp3) is 0.0455. The van der Waals surface area contributed by atoms with E-state index in [2.05, 4.69) is 0 Å². The van der Waals surface area contributed by atoms with Crippen LogP contribution in [0.2, 0.25) is 0 Å². The summed E-state index contributed by atoms with van der Waals surface area (Å²) in [4.78, 5) is 26.2. The SMILES string of the molecule is COc1ccc2ccccc2c1C=C1SC(=S)N(c2cccc(C(=O)O)c2)C1=O. The number of amides is 1. The fourth-order valence-electron chi connectivity index (χ4n) is 3.20. The smallest absolute Gasteiger partial charge is 0.335 e. The van der Waals surface area contributed by atoms with E-state index in [9.17, 15) is 14.7 Å². The molecule has 0 aromatic heterocycles. The molecule has 7 heteroatoms. The molecule has 1 aliphatic rings. The summed E-state index contributed by atoms with van der Waals surface area (Å²) in [6.45, 7) is 0. The highest BCUT2D eigenvalue weighted by Crippen LogP contribution is 2.39. The second-order valence-corrected chi connectivity index (χ2v) is 7.95. The molecule has 1 fully saturated rings. The predicted octanol–water partition coefficient (Wildman–Crippen LogP) is 4.95. The molecule has 0 spiro atoms. The van der Waals surface area contributed by atoms with E-state index < -0.39 is 5.97 Å². The molecular formula is C22H15NO4S2. The van der Waals surface area contributed by atoms with Crippen molar-refractivity contribution in [2.75, 3.05) is 12.0 Å². The zero-order valence-electron chi connectivity index (χ0n) is 15.3. The number of thiocarbonyl (C=S) groups is 1. The molecule has 3 aromatic carbocycles. The van der Waals surface area contributed by atoms with Gasteiger partial charge in [0.1, 0.15) is 5.75 Å². The van der Waals surface area contributed by atoms with E-state index in [1.165, 1.54) is 28.8 Å². The van der Waals surface area contributed by atoms with Crippen molar-refractivity contribution >= 4 is 62.7 Å². The molecular weight excluding hydrogens is 406 g/mol. The van der Waals surface area contributed by atoms with Gasteiger partial charge in [-0.15, -0.1) is 0 Å². The van der Waals surface area contributed by atoms with E-state index in [4.69, 9.17) is 17.0 Å². The topological polar surface area (TPSA) is 66.8 Å². The molecule has 0 bridgehead atoms. The average Bonchev–Trinajstić information content (AvgIpc) is 3.01. The summed E-state index contributed by atoms with van der Waals surface area (Å²) in [5.41, 5.74) is 1.32. The summed E-state index contributed by atoms with van der Waals surface area (Å²) in [5, 5.41) is 11.2. The molecule has 5 nitrogen and oxygen atoms in total. The van der Waals surface area contributed by atoms with Crippen LogP contribution in [0.3, 0.4) is 0 Å². The maximum Gasteiger partial charge on any atom is 0.335 e. The van der Waals surface area contributed by atoms with Crippen molar-refractivity contribution in [1.82, 2.24) is 0 Å². The molecule has 1 amide bonds. The number of ether oxygens (including phenoxy) is 1. The lowest BCUT2D eigenvalue weighted by molar-refractivity contribution is -0.113. The number of carboxylic acids is 1. The second kappa shape index (κ2) is 7.69. The Hall–Kier alpha value is -3.16. The zero-order valence-corrected chi connectivity index (χ0v) is 16.9. The average molecular weight is 421 g/mol. The Bertz CT molecular complexity index is 1200. The number of aromatic carboxylic acids is 1. The van der Waals surface area contributed by atoms with Gasteiger partial charge in [0.15, 0.2) is 4.32 Å². The molecule has 29 heavy (non-hydrogen) atoms. The summed E-state index contributed by atoms with van der Waals surface area (Å²) < 4.78 is 5.85. The van der Waals surface area contributed by atoms with Crippen LogP contribution in [0.5, 0.6) is 5.75 Å². The van der Waals surface area contributed by atoms with Gasteiger partial charge in [-0.1, -0.05) is 60.4 Å². The molecule has 1 saturated heterocycles. The number of carbonyl (C=O) groups excluding carboxylic acids is 1. The number of rotatable bonds is 4. The van der Waals surface area contributed by atoms with Gasteiger partial charge in [-0.2, -0.15) is 0 Å². The molecule has 0 aliphatic carbocycles. The van der Waals surface area contributed by atoms with Crippen molar-refractivity contribution in [3.8, 4) is 5.75 Å². The normalized spacial score (nSPS) is 15.3. The minimum atomic E-state index is -1.06. The maximum atomic E-state index is 13.1. The number of carbonyl (C=O) groups is 2. The van der Waals surface area contributed by atoms with Crippen LogP contribution in [0.25, 0.3) is 16.8 Å². The third kappa shape index (κ3) is 3.50. The summed E-state index contributed by atoms with van der Waals surface area (Å²) in [6, 6.07) is 17.9. The van der Waals surface area contributed by atoms with Crippen molar-refractivity contribution in [2.45, 2.75) is 0 Å². The van der Waals surface area contributed by atoms with Crippen LogP contribution in [-0.4, -0.2) is 28.4 Å². The van der Waals surface area contributed by atoms with Crippen molar-refractivity contribution in [2.24, 2.45) is 0 Å². The summed E-state index contributed by atoms with van der Waals surface area (Å²) in [5.74, 6) is -0.701. The highest BCUT2D eigenvalue weighted by molar-refractivity contribution is 8.27. The van der Waals surface area contributed by atoms with Gasteiger partial charge in [0.05, 0.1) is 23.3 Å². The second-order valence-electron chi connectivity index (χ2n) is 6.28. The Morgan fingerprint density at radius 3 is 2.69 bits per heavy atom. The van der Waals surface area contributed by atoms with Crippen LogP contribution in [0.4, 0.5) is 5.69 Å². The molecule has 144 valence electrons. The van der Waals surface area contributed by atoms with Gasteiger partial charge in [0.2, 0.25) is 0 Å². The highest BCUT2D eigenvalue weighted by Gasteiger charge is 2.34. The number of fused-ring (bicyclic) bond motifs is 1. The molecule has 4 rings (SSSR count). The molecule has 1 aliphatic heterocycles. The first-order valence-corrected chi connectivity index (χ1v) is 9.89. The van der Waals surface area contributed by atoms with Gasteiger partial charge in [0.25, 0.3) is 5.91 Å². The Labute approximate surface area is 176 Å². The van der Waals surface area contributed by atoms with E-state index in [0.717, 1.165) is 16.3 Å². The number of anilines is 1.